The Morgan fingerprint density at radius 3 is 2.43 bits per heavy atom. The van der Waals surface area contributed by atoms with Gasteiger partial charge in [-0.25, -0.2) is 0 Å². The molecule has 1 saturated heterocycles. The molecule has 0 atom stereocenters. The van der Waals surface area contributed by atoms with Gasteiger partial charge in [-0.2, -0.15) is 0 Å². The summed E-state index contributed by atoms with van der Waals surface area (Å²) in [7, 11) is 1.66. The number of nitrogens with zero attached hydrogens (tertiary/aromatic N) is 2. The minimum atomic E-state index is -4.70. The summed E-state index contributed by atoms with van der Waals surface area (Å²) in [5, 5.41) is 3.05. The van der Waals surface area contributed by atoms with Crippen LogP contribution in [0.1, 0.15) is 5.56 Å². The summed E-state index contributed by atoms with van der Waals surface area (Å²) in [5.74, 6) is 0.631. The lowest BCUT2D eigenvalue weighted by atomic mass is 10.2. The van der Waals surface area contributed by atoms with Gasteiger partial charge in [-0.15, -0.1) is 13.2 Å². The molecule has 2 aromatic rings. The number of benzene rings is 2. The molecule has 0 saturated carbocycles. The predicted octanol–water partition coefficient (Wildman–Crippen LogP) is 4.59. The molecule has 0 amide bonds. The molecule has 164 valence electrons. The van der Waals surface area contributed by atoms with E-state index in [-0.39, 0.29) is 5.75 Å². The van der Waals surface area contributed by atoms with E-state index in [1.165, 1.54) is 17.7 Å². The second kappa shape index (κ2) is 10.4. The van der Waals surface area contributed by atoms with Crippen LogP contribution >= 0.6 is 15.9 Å². The van der Waals surface area contributed by atoms with Crippen molar-refractivity contribution in [2.24, 2.45) is 0 Å². The zero-order valence-corrected chi connectivity index (χ0v) is 18.3. The van der Waals surface area contributed by atoms with Gasteiger partial charge in [-0.1, -0.05) is 28.1 Å². The summed E-state index contributed by atoms with van der Waals surface area (Å²) in [6.45, 7) is 5.80. The number of para-hydroxylation sites is 2. The molecule has 0 radical (unpaired) electrons. The van der Waals surface area contributed by atoms with Crippen LogP contribution in [0.15, 0.2) is 46.9 Å². The van der Waals surface area contributed by atoms with E-state index in [2.05, 4.69) is 35.8 Å². The largest absolute Gasteiger partial charge is 0.573 e. The average molecular weight is 488 g/mol. The highest BCUT2D eigenvalue weighted by Gasteiger charge is 2.32. The SMILES string of the molecule is COc1ccc(Br)c(CN2CCN(CCNc3ccccc3OC(F)(F)F)CC2)c1. The molecule has 0 unspecified atom stereocenters. The summed E-state index contributed by atoms with van der Waals surface area (Å²) >= 11 is 3.60. The molecule has 1 aliphatic rings. The Morgan fingerprint density at radius 1 is 1.03 bits per heavy atom. The maximum atomic E-state index is 12.5. The number of anilines is 1. The third-order valence-corrected chi connectivity index (χ3v) is 5.74. The number of hydrogen-bond acceptors (Lipinski definition) is 5. The predicted molar refractivity (Wildman–Crippen MR) is 114 cm³/mol. The Morgan fingerprint density at radius 2 is 1.73 bits per heavy atom. The van der Waals surface area contributed by atoms with E-state index in [4.69, 9.17) is 4.74 Å². The fourth-order valence-electron chi connectivity index (χ4n) is 3.39. The molecule has 5 nitrogen and oxygen atoms in total. The monoisotopic (exact) mass is 487 g/mol. The van der Waals surface area contributed by atoms with Gasteiger partial charge in [0.15, 0.2) is 5.75 Å². The summed E-state index contributed by atoms with van der Waals surface area (Å²) in [4.78, 5) is 4.69. The maximum absolute atomic E-state index is 12.5. The van der Waals surface area contributed by atoms with Crippen LogP contribution in [-0.4, -0.2) is 62.5 Å². The van der Waals surface area contributed by atoms with Crippen molar-refractivity contribution in [3.05, 3.63) is 52.5 Å². The Labute approximate surface area is 182 Å². The molecule has 30 heavy (non-hydrogen) atoms. The van der Waals surface area contributed by atoms with Crippen LogP contribution in [0.3, 0.4) is 0 Å². The van der Waals surface area contributed by atoms with Gasteiger partial charge in [0.05, 0.1) is 12.8 Å². The molecular weight excluding hydrogens is 463 g/mol. The third kappa shape index (κ3) is 6.78. The van der Waals surface area contributed by atoms with Gasteiger partial charge in [0, 0.05) is 50.3 Å². The molecular formula is C21H25BrF3N3O2. The van der Waals surface area contributed by atoms with Crippen LogP contribution in [0.2, 0.25) is 0 Å². The standard InChI is InChI=1S/C21H25BrF3N3O2/c1-29-17-6-7-18(22)16(14-17)15-28-12-10-27(11-13-28)9-8-26-19-4-2-3-5-20(19)30-21(23,24)25/h2-7,14,26H,8-13,15H2,1H3. The summed E-state index contributed by atoms with van der Waals surface area (Å²) in [6, 6.07) is 12.1. The van der Waals surface area contributed by atoms with E-state index in [9.17, 15) is 13.2 Å². The van der Waals surface area contributed by atoms with Crippen LogP contribution < -0.4 is 14.8 Å². The fraction of sp³-hybridized carbons (Fsp3) is 0.429. The minimum Gasteiger partial charge on any atom is -0.497 e. The van der Waals surface area contributed by atoms with Crippen molar-refractivity contribution in [1.29, 1.82) is 0 Å². The molecule has 0 aliphatic carbocycles. The van der Waals surface area contributed by atoms with Crippen LogP contribution in [0.4, 0.5) is 18.9 Å². The molecule has 1 fully saturated rings. The maximum Gasteiger partial charge on any atom is 0.573 e. The highest BCUT2D eigenvalue weighted by atomic mass is 79.9. The van der Waals surface area contributed by atoms with Gasteiger partial charge >= 0.3 is 6.36 Å². The molecule has 0 spiro atoms. The molecule has 1 heterocycles. The van der Waals surface area contributed by atoms with Gasteiger partial charge in [0.2, 0.25) is 0 Å². The average Bonchev–Trinajstić information content (AvgIpc) is 2.71. The topological polar surface area (TPSA) is 37.0 Å². The van der Waals surface area contributed by atoms with Gasteiger partial charge in [-0.3, -0.25) is 9.80 Å². The zero-order valence-electron chi connectivity index (χ0n) is 16.7. The minimum absolute atomic E-state index is 0.210. The number of piperazine rings is 1. The van der Waals surface area contributed by atoms with Crippen molar-refractivity contribution < 1.29 is 22.6 Å². The number of rotatable bonds is 8. The Kier molecular flexibility index (Phi) is 7.85. The van der Waals surface area contributed by atoms with Crippen molar-refractivity contribution in [2.75, 3.05) is 51.7 Å². The first-order valence-electron chi connectivity index (χ1n) is 9.70. The van der Waals surface area contributed by atoms with Gasteiger partial charge in [0.25, 0.3) is 0 Å². The lowest BCUT2D eigenvalue weighted by molar-refractivity contribution is -0.274. The summed E-state index contributed by atoms with van der Waals surface area (Å²) in [5.41, 5.74) is 1.53. The van der Waals surface area contributed by atoms with E-state index in [1.54, 1.807) is 19.2 Å². The van der Waals surface area contributed by atoms with Gasteiger partial charge in [-0.05, 0) is 35.9 Å². The number of ether oxygens (including phenoxy) is 2. The molecule has 0 bridgehead atoms. The van der Waals surface area contributed by atoms with E-state index >= 15 is 0 Å². The lowest BCUT2D eigenvalue weighted by Crippen LogP contribution is -2.47. The zero-order chi connectivity index (χ0) is 21.6. The number of hydrogen-bond donors (Lipinski definition) is 1. The number of halogens is 4. The van der Waals surface area contributed by atoms with Gasteiger partial charge < -0.3 is 14.8 Å². The van der Waals surface area contributed by atoms with Crippen molar-refractivity contribution in [3.8, 4) is 11.5 Å². The molecule has 1 aliphatic heterocycles. The second-order valence-electron chi connectivity index (χ2n) is 7.05. The number of alkyl halides is 3. The highest BCUT2D eigenvalue weighted by Crippen LogP contribution is 2.29. The van der Waals surface area contributed by atoms with E-state index in [0.29, 0.717) is 12.2 Å². The fourth-order valence-corrected chi connectivity index (χ4v) is 3.76. The molecule has 1 N–H and O–H groups in total. The Balaban J connectivity index is 1.44. The lowest BCUT2D eigenvalue weighted by Gasteiger charge is -2.35. The van der Waals surface area contributed by atoms with Crippen LogP contribution in [0, 0.1) is 0 Å². The number of methoxy groups -OCH3 is 1. The first kappa shape index (κ1) is 22.7. The van der Waals surface area contributed by atoms with Crippen molar-refractivity contribution in [1.82, 2.24) is 9.80 Å². The molecule has 2 aromatic carbocycles. The van der Waals surface area contributed by atoms with Crippen molar-refractivity contribution >= 4 is 21.6 Å². The first-order valence-corrected chi connectivity index (χ1v) is 10.5. The molecule has 3 rings (SSSR count). The summed E-state index contributed by atoms with van der Waals surface area (Å²) < 4.78 is 48.0. The van der Waals surface area contributed by atoms with E-state index < -0.39 is 6.36 Å². The summed E-state index contributed by atoms with van der Waals surface area (Å²) in [6.07, 6.45) is -4.70. The smallest absolute Gasteiger partial charge is 0.497 e. The molecule has 0 aromatic heterocycles. The first-order chi connectivity index (χ1) is 14.3. The van der Waals surface area contributed by atoms with Crippen LogP contribution in [0.25, 0.3) is 0 Å². The van der Waals surface area contributed by atoms with E-state index in [1.807, 2.05) is 18.2 Å². The van der Waals surface area contributed by atoms with Gasteiger partial charge in [0.1, 0.15) is 5.75 Å². The second-order valence-corrected chi connectivity index (χ2v) is 7.90. The van der Waals surface area contributed by atoms with E-state index in [0.717, 1.165) is 49.5 Å². The Hall–Kier alpha value is -1.97. The highest BCUT2D eigenvalue weighted by molar-refractivity contribution is 9.10. The third-order valence-electron chi connectivity index (χ3n) is 4.97. The van der Waals surface area contributed by atoms with Crippen molar-refractivity contribution in [2.45, 2.75) is 12.9 Å². The molecule has 9 heteroatoms. The quantitative estimate of drug-likeness (QED) is 0.589. The Bertz CT molecular complexity index is 827. The van der Waals surface area contributed by atoms with Crippen LogP contribution in [0.5, 0.6) is 11.5 Å². The van der Waals surface area contributed by atoms with Crippen LogP contribution in [-0.2, 0) is 6.54 Å². The normalized spacial score (nSPS) is 15.8. The number of nitrogens with one attached hydrogen (secondary N) is 1. The van der Waals surface area contributed by atoms with Crippen molar-refractivity contribution in [3.63, 3.8) is 0 Å².